The van der Waals surface area contributed by atoms with Crippen LogP contribution in [0.15, 0.2) is 231 Å². The Morgan fingerprint density at radius 1 is 0.325 bits per heavy atom. The Bertz CT molecular complexity index is 4920. The third-order valence-corrected chi connectivity index (χ3v) is 18.0. The molecule has 2 aliphatic carbocycles. The van der Waals surface area contributed by atoms with E-state index in [-0.39, 0.29) is 10.8 Å². The van der Waals surface area contributed by atoms with Crippen LogP contribution in [-0.2, 0) is 10.8 Å². The van der Waals surface area contributed by atoms with E-state index >= 15 is 0 Å². The van der Waals surface area contributed by atoms with Gasteiger partial charge in [0.25, 0.3) is 0 Å². The number of fused-ring (bicyclic) bond motifs is 9. The number of hydrogen-bond acceptors (Lipinski definition) is 1. The van der Waals surface area contributed by atoms with E-state index in [1.54, 1.807) is 0 Å². The lowest BCUT2D eigenvalue weighted by atomic mass is 9.79. The summed E-state index contributed by atoms with van der Waals surface area (Å²) in [6.45, 7) is 9.55. The van der Waals surface area contributed by atoms with E-state index in [1.807, 2.05) is 6.07 Å². The first kappa shape index (κ1) is 43.8. The average Bonchev–Trinajstić information content (AvgIpc) is 4.22. The van der Waals surface area contributed by atoms with Gasteiger partial charge in [-0.1, -0.05) is 198 Å². The minimum absolute atomic E-state index is 0.170. The number of benzene rings is 13. The molecule has 13 aromatic carbocycles. The Hall–Kier alpha value is -9.55. The SMILES string of the molecule is CC1(C)c2ccccc2-c2ccc(-c3c4ccc(-c5ccc6c7c5ccc5c(C#N)ccc(c57)n6-c5ccccc5)cc4c(-c4ccc5c(c4)C(C)(C)c4ccccc4-5)c4ccc(-c5ccc6ccccc6c5)cc34)cc21. The fourth-order valence-corrected chi connectivity index (χ4v) is 14.2. The molecule has 0 fully saturated rings. The third kappa shape index (κ3) is 6.06. The standard InChI is InChI=1S/C75H50N2/c1-74(2)64-20-12-10-18-55(64)57-29-26-49(41-66(57)74)70-61-32-25-48(53-35-37-69-73-59(53)34-33-54-51(43-76)28-36-68(72(54)73)77(69)52-16-6-5-7-17-52)40-63(61)71(50-27-30-58-56-19-11-13-21-65(56)75(3,4)67(58)42-50)60-31-24-47(39-62(60)70)46-23-22-44-14-8-9-15-45(44)38-46/h5-42H,1-4H3. The highest BCUT2D eigenvalue weighted by atomic mass is 15.0. The third-order valence-electron chi connectivity index (χ3n) is 18.0. The summed E-state index contributed by atoms with van der Waals surface area (Å²) >= 11 is 0. The van der Waals surface area contributed by atoms with E-state index in [0.717, 1.165) is 38.6 Å². The fourth-order valence-electron chi connectivity index (χ4n) is 14.2. The van der Waals surface area contributed by atoms with Crippen LogP contribution < -0.4 is 0 Å². The summed E-state index contributed by atoms with van der Waals surface area (Å²) in [6.07, 6.45) is 0. The van der Waals surface area contributed by atoms with Crippen molar-refractivity contribution in [1.82, 2.24) is 4.57 Å². The molecule has 0 bridgehead atoms. The van der Waals surface area contributed by atoms with Crippen LogP contribution in [0.25, 0.3) is 137 Å². The Morgan fingerprint density at radius 3 is 1.44 bits per heavy atom. The average molecular weight is 979 g/mol. The van der Waals surface area contributed by atoms with Gasteiger partial charge in [0.15, 0.2) is 0 Å². The van der Waals surface area contributed by atoms with E-state index in [2.05, 4.69) is 263 Å². The van der Waals surface area contributed by atoms with E-state index in [9.17, 15) is 5.26 Å². The van der Waals surface area contributed by atoms with Gasteiger partial charge in [-0.25, -0.2) is 0 Å². The monoisotopic (exact) mass is 978 g/mol. The van der Waals surface area contributed by atoms with E-state index in [4.69, 9.17) is 0 Å². The van der Waals surface area contributed by atoms with Crippen molar-refractivity contribution in [3.63, 3.8) is 0 Å². The van der Waals surface area contributed by atoms with Crippen molar-refractivity contribution >= 4 is 64.9 Å². The molecule has 0 unspecified atom stereocenters. The summed E-state index contributed by atoms with van der Waals surface area (Å²) in [4.78, 5) is 0. The highest BCUT2D eigenvalue weighted by Crippen LogP contribution is 2.55. The van der Waals surface area contributed by atoms with Crippen LogP contribution in [0.5, 0.6) is 0 Å². The minimum Gasteiger partial charge on any atom is -0.309 e. The maximum absolute atomic E-state index is 10.4. The van der Waals surface area contributed by atoms with Gasteiger partial charge in [0.05, 0.1) is 22.7 Å². The quantitative estimate of drug-likeness (QED) is 0.125. The number of nitrogens with zero attached hydrogens (tertiary/aromatic N) is 2. The number of aromatic nitrogens is 1. The molecule has 1 heterocycles. The molecule has 0 saturated carbocycles. The van der Waals surface area contributed by atoms with Crippen molar-refractivity contribution in [2.45, 2.75) is 38.5 Å². The van der Waals surface area contributed by atoms with Crippen LogP contribution in [0.3, 0.4) is 0 Å². The van der Waals surface area contributed by atoms with Gasteiger partial charge < -0.3 is 4.57 Å². The topological polar surface area (TPSA) is 28.7 Å². The molecule has 0 aliphatic heterocycles. The molecule has 14 aromatic rings. The predicted octanol–water partition coefficient (Wildman–Crippen LogP) is 20.0. The van der Waals surface area contributed by atoms with E-state index in [1.165, 1.54) is 121 Å². The molecule has 0 amide bonds. The zero-order chi connectivity index (χ0) is 51.5. The van der Waals surface area contributed by atoms with Gasteiger partial charge in [0.2, 0.25) is 0 Å². The summed E-state index contributed by atoms with van der Waals surface area (Å²) in [7, 11) is 0. The van der Waals surface area contributed by atoms with Crippen molar-refractivity contribution in [2.24, 2.45) is 0 Å². The molecular weight excluding hydrogens is 929 g/mol. The summed E-state index contributed by atoms with van der Waals surface area (Å²) in [6, 6.07) is 88.8. The normalized spacial score (nSPS) is 13.9. The van der Waals surface area contributed by atoms with Crippen molar-refractivity contribution in [1.29, 1.82) is 5.26 Å². The Balaban J connectivity index is 1.01. The lowest BCUT2D eigenvalue weighted by Gasteiger charge is -2.24. The molecule has 2 heteroatoms. The molecule has 360 valence electrons. The molecule has 0 spiro atoms. The van der Waals surface area contributed by atoms with Crippen LogP contribution in [0.1, 0.15) is 55.5 Å². The van der Waals surface area contributed by atoms with Crippen LogP contribution >= 0.6 is 0 Å². The molecule has 0 N–H and O–H groups in total. The van der Waals surface area contributed by atoms with Gasteiger partial charge in [0, 0.05) is 32.7 Å². The first-order valence-corrected chi connectivity index (χ1v) is 27.0. The number of nitriles is 1. The molecule has 0 saturated heterocycles. The second kappa shape index (κ2) is 15.7. The van der Waals surface area contributed by atoms with Crippen molar-refractivity contribution in [2.75, 3.05) is 0 Å². The number of para-hydroxylation sites is 1. The Labute approximate surface area is 447 Å². The van der Waals surface area contributed by atoms with Gasteiger partial charge in [-0.15, -0.1) is 0 Å². The smallest absolute Gasteiger partial charge is 0.0998 e. The summed E-state index contributed by atoms with van der Waals surface area (Å²) < 4.78 is 2.36. The second-order valence-electron chi connectivity index (χ2n) is 22.7. The number of rotatable bonds is 5. The second-order valence-corrected chi connectivity index (χ2v) is 22.7. The van der Waals surface area contributed by atoms with Gasteiger partial charge in [-0.05, 0) is 187 Å². The molecule has 2 nitrogen and oxygen atoms in total. The molecule has 0 atom stereocenters. The Kier molecular flexibility index (Phi) is 8.96. The van der Waals surface area contributed by atoms with Crippen LogP contribution in [0.4, 0.5) is 0 Å². The molecule has 77 heavy (non-hydrogen) atoms. The van der Waals surface area contributed by atoms with E-state index < -0.39 is 0 Å². The Morgan fingerprint density at radius 2 is 0.792 bits per heavy atom. The van der Waals surface area contributed by atoms with Crippen molar-refractivity contribution in [3.05, 3.63) is 258 Å². The first-order chi connectivity index (χ1) is 37.7. The zero-order valence-corrected chi connectivity index (χ0v) is 43.3. The minimum atomic E-state index is -0.176. The van der Waals surface area contributed by atoms with E-state index in [0.29, 0.717) is 5.56 Å². The summed E-state index contributed by atoms with van der Waals surface area (Å²) in [5.41, 5.74) is 24.0. The lowest BCUT2D eigenvalue weighted by Crippen LogP contribution is -2.15. The van der Waals surface area contributed by atoms with Crippen LogP contribution in [-0.4, -0.2) is 4.57 Å². The molecule has 1 aromatic heterocycles. The maximum Gasteiger partial charge on any atom is 0.0998 e. The summed E-state index contributed by atoms with van der Waals surface area (Å²) in [5.74, 6) is 0. The summed E-state index contributed by atoms with van der Waals surface area (Å²) in [5, 5.41) is 22.2. The molecule has 16 rings (SSSR count). The molecular formula is C75H50N2. The van der Waals surface area contributed by atoms with Gasteiger partial charge in [-0.2, -0.15) is 5.26 Å². The van der Waals surface area contributed by atoms with Crippen LogP contribution in [0, 0.1) is 11.3 Å². The van der Waals surface area contributed by atoms with Gasteiger partial charge >= 0.3 is 0 Å². The van der Waals surface area contributed by atoms with Crippen molar-refractivity contribution < 1.29 is 0 Å². The van der Waals surface area contributed by atoms with Gasteiger partial charge in [-0.3, -0.25) is 0 Å². The first-order valence-electron chi connectivity index (χ1n) is 27.0. The maximum atomic E-state index is 10.4. The highest BCUT2D eigenvalue weighted by Gasteiger charge is 2.37. The number of hydrogen-bond donors (Lipinski definition) is 0. The van der Waals surface area contributed by atoms with Crippen LogP contribution in [0.2, 0.25) is 0 Å². The van der Waals surface area contributed by atoms with Crippen molar-refractivity contribution in [3.8, 4) is 78.5 Å². The molecule has 0 radical (unpaired) electrons. The van der Waals surface area contributed by atoms with Gasteiger partial charge in [0.1, 0.15) is 0 Å². The fraction of sp³-hybridized carbons (Fsp3) is 0.0800. The molecule has 2 aliphatic rings. The zero-order valence-electron chi connectivity index (χ0n) is 43.3. The lowest BCUT2D eigenvalue weighted by molar-refractivity contribution is 0.660. The predicted molar refractivity (Wildman–Crippen MR) is 324 cm³/mol. The highest BCUT2D eigenvalue weighted by molar-refractivity contribution is 6.28. The largest absolute Gasteiger partial charge is 0.309 e.